The monoisotopic (exact) mass is 409 g/mol. The molecule has 3 amide bonds. The van der Waals surface area contributed by atoms with Crippen LogP contribution in [0.5, 0.6) is 0 Å². The van der Waals surface area contributed by atoms with E-state index in [0.717, 1.165) is 10.5 Å². The van der Waals surface area contributed by atoms with Crippen molar-refractivity contribution >= 4 is 29.1 Å². The zero-order chi connectivity index (χ0) is 21.4. The van der Waals surface area contributed by atoms with E-state index in [9.17, 15) is 18.8 Å². The number of nitrogens with one attached hydrogen (secondary N) is 1. The number of carbonyl (C=O) groups excluding carboxylic acids is 3. The fraction of sp³-hybridized carbons (Fsp3) is 0.286. The standard InChI is InChI=1S/C21H20FN5O3/c1-12(2)13-6-8-16(9-7-13)27-20(29)18-19(21(27)30)26(25-24-18)11-17(28)23-15-5-3-4-14(22)10-15/h3-10,12,18-19H,11H2,1-2H3,(H,23,28)/t18-,19-/m1/s1. The molecule has 0 aliphatic carbocycles. The molecule has 1 N–H and O–H groups in total. The molecule has 2 aromatic carbocycles. The van der Waals surface area contributed by atoms with E-state index in [1.165, 1.54) is 23.2 Å². The van der Waals surface area contributed by atoms with Gasteiger partial charge < -0.3 is 5.32 Å². The van der Waals surface area contributed by atoms with Crippen LogP contribution < -0.4 is 10.2 Å². The number of anilines is 2. The molecule has 2 heterocycles. The molecule has 2 aliphatic rings. The summed E-state index contributed by atoms with van der Waals surface area (Å²) < 4.78 is 13.3. The predicted molar refractivity (Wildman–Crippen MR) is 107 cm³/mol. The van der Waals surface area contributed by atoms with Gasteiger partial charge in [0, 0.05) is 5.69 Å². The van der Waals surface area contributed by atoms with Gasteiger partial charge >= 0.3 is 0 Å². The van der Waals surface area contributed by atoms with Crippen LogP contribution in [0.3, 0.4) is 0 Å². The number of halogens is 1. The van der Waals surface area contributed by atoms with Gasteiger partial charge in [-0.2, -0.15) is 5.11 Å². The molecule has 0 unspecified atom stereocenters. The summed E-state index contributed by atoms with van der Waals surface area (Å²) in [4.78, 5) is 39.1. The summed E-state index contributed by atoms with van der Waals surface area (Å²) in [6, 6.07) is 10.7. The van der Waals surface area contributed by atoms with Crippen molar-refractivity contribution in [2.24, 2.45) is 10.3 Å². The second kappa shape index (κ2) is 7.66. The van der Waals surface area contributed by atoms with E-state index in [-0.39, 0.29) is 12.2 Å². The van der Waals surface area contributed by atoms with Gasteiger partial charge in [-0.05, 0) is 41.8 Å². The molecule has 2 atom stereocenters. The maximum atomic E-state index is 13.3. The average molecular weight is 409 g/mol. The number of hydrogen-bond donors (Lipinski definition) is 1. The molecule has 154 valence electrons. The van der Waals surface area contributed by atoms with Gasteiger partial charge in [0.1, 0.15) is 12.4 Å². The Kier molecular flexibility index (Phi) is 5.03. The van der Waals surface area contributed by atoms with Gasteiger partial charge in [0.15, 0.2) is 12.1 Å². The van der Waals surface area contributed by atoms with Gasteiger partial charge in [0.2, 0.25) is 5.91 Å². The number of benzene rings is 2. The van der Waals surface area contributed by atoms with Crippen LogP contribution in [0.25, 0.3) is 0 Å². The summed E-state index contributed by atoms with van der Waals surface area (Å²) in [5.74, 6) is -1.61. The molecule has 1 fully saturated rings. The molecule has 0 bridgehead atoms. The average Bonchev–Trinajstić information content (AvgIpc) is 3.21. The highest BCUT2D eigenvalue weighted by Crippen LogP contribution is 2.32. The molecule has 0 aromatic heterocycles. The molecule has 4 rings (SSSR count). The van der Waals surface area contributed by atoms with Crippen LogP contribution in [0, 0.1) is 5.82 Å². The highest BCUT2D eigenvalue weighted by molar-refractivity contribution is 6.25. The normalized spacial score (nSPS) is 20.3. The van der Waals surface area contributed by atoms with Crippen LogP contribution in [-0.4, -0.2) is 41.4 Å². The summed E-state index contributed by atoms with van der Waals surface area (Å²) in [6.45, 7) is 3.82. The lowest BCUT2D eigenvalue weighted by molar-refractivity contribution is -0.123. The van der Waals surface area contributed by atoms with Crippen molar-refractivity contribution in [2.75, 3.05) is 16.8 Å². The van der Waals surface area contributed by atoms with Crippen LogP contribution in [0.15, 0.2) is 58.9 Å². The van der Waals surface area contributed by atoms with Crippen LogP contribution in [0.4, 0.5) is 15.8 Å². The molecule has 2 aliphatic heterocycles. The number of amides is 3. The quantitative estimate of drug-likeness (QED) is 0.769. The molecule has 30 heavy (non-hydrogen) atoms. The summed E-state index contributed by atoms with van der Waals surface area (Å²) in [5, 5.41) is 11.5. The van der Waals surface area contributed by atoms with Crippen LogP contribution in [0.1, 0.15) is 25.3 Å². The number of imide groups is 1. The van der Waals surface area contributed by atoms with Crippen molar-refractivity contribution in [2.45, 2.75) is 31.8 Å². The van der Waals surface area contributed by atoms with Crippen LogP contribution >= 0.6 is 0 Å². The molecule has 0 radical (unpaired) electrons. The van der Waals surface area contributed by atoms with Gasteiger partial charge in [-0.15, -0.1) is 0 Å². The first-order valence-corrected chi connectivity index (χ1v) is 9.56. The second-order valence-electron chi connectivity index (χ2n) is 7.51. The van der Waals surface area contributed by atoms with Crippen molar-refractivity contribution < 1.29 is 18.8 Å². The van der Waals surface area contributed by atoms with E-state index in [2.05, 4.69) is 29.5 Å². The first-order chi connectivity index (χ1) is 14.3. The number of fused-ring (bicyclic) bond motifs is 1. The zero-order valence-corrected chi connectivity index (χ0v) is 16.4. The minimum absolute atomic E-state index is 0.286. The molecule has 8 nitrogen and oxygen atoms in total. The first kappa shape index (κ1) is 19.7. The third kappa shape index (κ3) is 3.54. The van der Waals surface area contributed by atoms with Crippen LogP contribution in [0.2, 0.25) is 0 Å². The third-order valence-corrected chi connectivity index (χ3v) is 5.09. The lowest BCUT2D eigenvalue weighted by Gasteiger charge is -2.20. The smallest absolute Gasteiger partial charge is 0.263 e. The molecular weight excluding hydrogens is 389 g/mol. The number of carbonyl (C=O) groups is 3. The van der Waals surface area contributed by atoms with Gasteiger partial charge in [0.25, 0.3) is 11.8 Å². The molecule has 0 saturated carbocycles. The number of rotatable bonds is 5. The topological polar surface area (TPSA) is 94.4 Å². The Labute approximate surface area is 172 Å². The van der Waals surface area contributed by atoms with E-state index < -0.39 is 35.6 Å². The largest absolute Gasteiger partial charge is 0.324 e. The van der Waals surface area contributed by atoms with Gasteiger partial charge in [0.05, 0.1) is 5.69 Å². The lowest BCUT2D eigenvalue weighted by atomic mass is 10.0. The van der Waals surface area contributed by atoms with Gasteiger partial charge in [-0.1, -0.05) is 37.3 Å². The summed E-state index contributed by atoms with van der Waals surface area (Å²) in [7, 11) is 0. The maximum absolute atomic E-state index is 13.3. The summed E-state index contributed by atoms with van der Waals surface area (Å²) >= 11 is 0. The fourth-order valence-electron chi connectivity index (χ4n) is 3.53. The lowest BCUT2D eigenvalue weighted by Crippen LogP contribution is -2.43. The number of nitrogens with zero attached hydrogens (tertiary/aromatic N) is 4. The minimum atomic E-state index is -0.982. The predicted octanol–water partition coefficient (Wildman–Crippen LogP) is 2.88. The highest BCUT2D eigenvalue weighted by atomic mass is 19.1. The van der Waals surface area contributed by atoms with Crippen molar-refractivity contribution in [1.29, 1.82) is 0 Å². The van der Waals surface area contributed by atoms with E-state index in [1.807, 2.05) is 12.1 Å². The minimum Gasteiger partial charge on any atom is -0.324 e. The van der Waals surface area contributed by atoms with Crippen molar-refractivity contribution in [3.8, 4) is 0 Å². The summed E-state index contributed by atoms with van der Waals surface area (Å²) in [5.41, 5.74) is 1.84. The van der Waals surface area contributed by atoms with E-state index >= 15 is 0 Å². The van der Waals surface area contributed by atoms with Gasteiger partial charge in [-0.25, -0.2) is 9.29 Å². The van der Waals surface area contributed by atoms with Crippen molar-refractivity contribution in [1.82, 2.24) is 5.01 Å². The molecule has 9 heteroatoms. The van der Waals surface area contributed by atoms with Crippen molar-refractivity contribution in [3.05, 3.63) is 59.9 Å². The Hall–Kier alpha value is -3.62. The Bertz CT molecular complexity index is 1040. The molecule has 1 saturated heterocycles. The van der Waals surface area contributed by atoms with E-state index in [1.54, 1.807) is 18.2 Å². The Morgan fingerprint density at radius 1 is 1.13 bits per heavy atom. The maximum Gasteiger partial charge on any atom is 0.263 e. The summed E-state index contributed by atoms with van der Waals surface area (Å²) in [6.07, 6.45) is 0. The third-order valence-electron chi connectivity index (χ3n) is 5.09. The first-order valence-electron chi connectivity index (χ1n) is 9.56. The molecule has 2 aromatic rings. The zero-order valence-electron chi connectivity index (χ0n) is 16.4. The van der Waals surface area contributed by atoms with E-state index in [4.69, 9.17) is 0 Å². The highest BCUT2D eigenvalue weighted by Gasteiger charge is 2.55. The van der Waals surface area contributed by atoms with Gasteiger partial charge in [-0.3, -0.25) is 19.4 Å². The second-order valence-corrected chi connectivity index (χ2v) is 7.51. The Morgan fingerprint density at radius 2 is 1.87 bits per heavy atom. The Balaban J connectivity index is 1.48. The molecule has 0 spiro atoms. The number of hydrogen-bond acceptors (Lipinski definition) is 6. The van der Waals surface area contributed by atoms with Crippen molar-refractivity contribution in [3.63, 3.8) is 0 Å². The fourth-order valence-corrected chi connectivity index (χ4v) is 3.53. The SMILES string of the molecule is CC(C)c1ccc(N2C(=O)[C@@H]3N=NN(CC(=O)Nc4cccc(F)c4)[C@H]3C2=O)cc1. The molecular formula is C21H20FN5O3. The van der Waals surface area contributed by atoms with Crippen LogP contribution in [-0.2, 0) is 14.4 Å². The van der Waals surface area contributed by atoms with E-state index in [0.29, 0.717) is 11.6 Å². The Morgan fingerprint density at radius 3 is 2.53 bits per heavy atom.